The van der Waals surface area contributed by atoms with Crippen LogP contribution in [0.15, 0.2) is 159 Å². The van der Waals surface area contributed by atoms with Crippen molar-refractivity contribution in [1.82, 2.24) is 9.97 Å². The van der Waals surface area contributed by atoms with Gasteiger partial charge in [-0.1, -0.05) is 153 Å². The first kappa shape index (κ1) is 27.9. The lowest BCUT2D eigenvalue weighted by Crippen LogP contribution is -1.95. The van der Waals surface area contributed by atoms with Gasteiger partial charge in [-0.05, 0) is 72.4 Å². The van der Waals surface area contributed by atoms with Gasteiger partial charge in [0.2, 0.25) is 0 Å². The van der Waals surface area contributed by atoms with Crippen molar-refractivity contribution in [2.75, 3.05) is 0 Å². The predicted octanol–water partition coefficient (Wildman–Crippen LogP) is 12.6. The van der Waals surface area contributed by atoms with Crippen LogP contribution in [-0.4, -0.2) is 9.97 Å². The highest BCUT2D eigenvalue weighted by Gasteiger charge is 2.16. The summed E-state index contributed by atoms with van der Waals surface area (Å²) in [5.41, 5.74) is 8.01. The molecule has 0 aliphatic heterocycles. The second-order valence-electron chi connectivity index (χ2n) is 12.2. The maximum Gasteiger partial charge on any atom is 0.0972 e. The van der Waals surface area contributed by atoms with Gasteiger partial charge >= 0.3 is 0 Å². The lowest BCUT2D eigenvalue weighted by atomic mass is 9.91. The van der Waals surface area contributed by atoms with Crippen LogP contribution in [0.3, 0.4) is 0 Å². The van der Waals surface area contributed by atoms with Crippen LogP contribution in [0.5, 0.6) is 0 Å². The molecule has 0 atom stereocenters. The molecule has 0 unspecified atom stereocenters. The molecule has 0 fully saturated rings. The van der Waals surface area contributed by atoms with Gasteiger partial charge in [-0.15, -0.1) is 0 Å². The number of fused-ring (bicyclic) bond motifs is 4. The molecule has 0 aliphatic rings. The van der Waals surface area contributed by atoms with E-state index in [0.717, 1.165) is 60.8 Å². The van der Waals surface area contributed by atoms with Crippen molar-refractivity contribution in [3.63, 3.8) is 0 Å². The van der Waals surface area contributed by atoms with Crippen LogP contribution in [0.25, 0.3) is 99.6 Å². The monoisotopic (exact) mass is 610 g/mol. The molecule has 7 aromatic carbocycles. The minimum Gasteiger partial charge on any atom is -0.245 e. The van der Waals surface area contributed by atoms with Crippen LogP contribution in [0.1, 0.15) is 11.1 Å². The SMILES string of the molecule is C=C/C=C\c1c(-c2ccc3ccc4ccc(-c5ccc6ccc7cccc8ccc5c6c78)nc4c3n2)cc2ccccc2c1/C=C\C=C. The van der Waals surface area contributed by atoms with Crippen LogP contribution < -0.4 is 0 Å². The van der Waals surface area contributed by atoms with E-state index < -0.39 is 0 Å². The Kier molecular flexibility index (Phi) is 6.48. The van der Waals surface area contributed by atoms with Gasteiger partial charge < -0.3 is 0 Å². The molecule has 0 bridgehead atoms. The normalized spacial score (nSPS) is 12.2. The van der Waals surface area contributed by atoms with Gasteiger partial charge in [0.25, 0.3) is 0 Å². The highest BCUT2D eigenvalue weighted by Crippen LogP contribution is 2.40. The highest BCUT2D eigenvalue weighted by atomic mass is 14.8. The molecule has 9 aromatic rings. The van der Waals surface area contributed by atoms with E-state index in [9.17, 15) is 0 Å². The van der Waals surface area contributed by atoms with Crippen molar-refractivity contribution in [2.45, 2.75) is 0 Å². The molecular formula is C46H30N2. The number of pyridine rings is 2. The fourth-order valence-corrected chi connectivity index (χ4v) is 7.32. The molecule has 2 aromatic heterocycles. The largest absolute Gasteiger partial charge is 0.245 e. The van der Waals surface area contributed by atoms with E-state index in [1.54, 1.807) is 0 Å². The van der Waals surface area contributed by atoms with Crippen LogP contribution in [-0.2, 0) is 0 Å². The van der Waals surface area contributed by atoms with Crippen LogP contribution >= 0.6 is 0 Å². The number of rotatable bonds is 6. The number of nitrogens with zero attached hydrogens (tertiary/aromatic N) is 2. The van der Waals surface area contributed by atoms with Gasteiger partial charge in [-0.2, -0.15) is 0 Å². The Bertz CT molecular complexity index is 2800. The second-order valence-corrected chi connectivity index (χ2v) is 12.2. The average molecular weight is 611 g/mol. The fraction of sp³-hybridized carbons (Fsp3) is 0. The molecule has 224 valence electrons. The maximum absolute atomic E-state index is 5.37. The van der Waals surface area contributed by atoms with E-state index in [2.05, 4.69) is 147 Å². The standard InChI is InChI=1S/C46H30N2/c1-3-5-13-36-35-15-8-7-10-34(35)28-40(37(36)14-6-4-2)42-27-23-33-19-18-32-22-26-41(47-45(32)46(33)48-42)38-24-20-31-17-16-29-11-9-12-30-21-25-39(38)44(31)43(29)30/h3-28H,1-2H2/b13-5-,14-6-. The minimum atomic E-state index is 0.888. The summed E-state index contributed by atoms with van der Waals surface area (Å²) in [6, 6.07) is 43.5. The molecule has 0 aliphatic carbocycles. The minimum absolute atomic E-state index is 0.888. The lowest BCUT2D eigenvalue weighted by Gasteiger charge is -2.15. The zero-order chi connectivity index (χ0) is 32.2. The second kappa shape index (κ2) is 11.2. The van der Waals surface area contributed by atoms with E-state index in [1.165, 1.54) is 37.7 Å². The van der Waals surface area contributed by atoms with Crippen molar-refractivity contribution in [2.24, 2.45) is 0 Å². The van der Waals surface area contributed by atoms with Gasteiger partial charge in [-0.3, -0.25) is 0 Å². The Balaban J connectivity index is 1.29. The first-order valence-electron chi connectivity index (χ1n) is 16.2. The molecule has 2 heteroatoms. The van der Waals surface area contributed by atoms with Crippen molar-refractivity contribution >= 4 is 77.0 Å². The van der Waals surface area contributed by atoms with Gasteiger partial charge in [0, 0.05) is 21.9 Å². The summed E-state index contributed by atoms with van der Waals surface area (Å²) in [4.78, 5) is 10.7. The Morgan fingerprint density at radius 3 is 1.67 bits per heavy atom. The third-order valence-electron chi connectivity index (χ3n) is 9.53. The van der Waals surface area contributed by atoms with Gasteiger partial charge in [0.05, 0.1) is 22.4 Å². The predicted molar refractivity (Wildman–Crippen MR) is 208 cm³/mol. The Morgan fingerprint density at radius 1 is 0.417 bits per heavy atom. The smallest absolute Gasteiger partial charge is 0.0972 e. The molecule has 48 heavy (non-hydrogen) atoms. The molecule has 2 heterocycles. The van der Waals surface area contributed by atoms with Crippen LogP contribution in [0.2, 0.25) is 0 Å². The number of allylic oxidation sites excluding steroid dienone is 4. The van der Waals surface area contributed by atoms with Crippen LogP contribution in [0, 0.1) is 0 Å². The first-order chi connectivity index (χ1) is 23.7. The summed E-state index contributed by atoms with van der Waals surface area (Å²) in [6.07, 6.45) is 11.8. The van der Waals surface area contributed by atoms with E-state index in [1.807, 2.05) is 24.3 Å². The maximum atomic E-state index is 5.37. The quantitative estimate of drug-likeness (QED) is 0.138. The molecule has 9 rings (SSSR count). The van der Waals surface area contributed by atoms with Crippen molar-refractivity contribution in [1.29, 1.82) is 0 Å². The molecule has 0 saturated heterocycles. The molecule has 0 radical (unpaired) electrons. The fourth-order valence-electron chi connectivity index (χ4n) is 7.32. The van der Waals surface area contributed by atoms with Gasteiger partial charge in [0.1, 0.15) is 0 Å². The number of hydrogen-bond donors (Lipinski definition) is 0. The zero-order valence-corrected chi connectivity index (χ0v) is 26.3. The van der Waals surface area contributed by atoms with Gasteiger partial charge in [-0.25, -0.2) is 9.97 Å². The number of benzene rings is 7. The summed E-state index contributed by atoms with van der Waals surface area (Å²) < 4.78 is 0. The summed E-state index contributed by atoms with van der Waals surface area (Å²) in [7, 11) is 0. The topological polar surface area (TPSA) is 25.8 Å². The Hall–Kier alpha value is -6.38. The third kappa shape index (κ3) is 4.35. The summed E-state index contributed by atoms with van der Waals surface area (Å²) in [5.74, 6) is 0. The van der Waals surface area contributed by atoms with Crippen molar-refractivity contribution in [3.8, 4) is 22.5 Å². The lowest BCUT2D eigenvalue weighted by molar-refractivity contribution is 1.37. The summed E-state index contributed by atoms with van der Waals surface area (Å²) in [6.45, 7) is 7.86. The highest BCUT2D eigenvalue weighted by molar-refractivity contribution is 6.25. The molecule has 2 nitrogen and oxygen atoms in total. The van der Waals surface area contributed by atoms with E-state index >= 15 is 0 Å². The van der Waals surface area contributed by atoms with Crippen molar-refractivity contribution in [3.05, 3.63) is 170 Å². The number of hydrogen-bond acceptors (Lipinski definition) is 2. The van der Waals surface area contributed by atoms with Crippen molar-refractivity contribution < 1.29 is 0 Å². The third-order valence-corrected chi connectivity index (χ3v) is 9.53. The first-order valence-corrected chi connectivity index (χ1v) is 16.2. The summed E-state index contributed by atoms with van der Waals surface area (Å²) >= 11 is 0. The zero-order valence-electron chi connectivity index (χ0n) is 26.3. The molecule has 0 saturated carbocycles. The molecule has 0 N–H and O–H groups in total. The molecule has 0 amide bonds. The number of aromatic nitrogens is 2. The molecule has 0 spiro atoms. The van der Waals surface area contributed by atoms with Crippen LogP contribution in [0.4, 0.5) is 0 Å². The summed E-state index contributed by atoms with van der Waals surface area (Å²) in [5, 5.41) is 12.0. The Morgan fingerprint density at radius 2 is 0.958 bits per heavy atom. The van der Waals surface area contributed by atoms with Gasteiger partial charge in [0.15, 0.2) is 0 Å². The van der Waals surface area contributed by atoms with E-state index in [4.69, 9.17) is 9.97 Å². The molecular weight excluding hydrogens is 581 g/mol. The van der Waals surface area contributed by atoms with E-state index in [-0.39, 0.29) is 0 Å². The average Bonchev–Trinajstić information content (AvgIpc) is 3.14. The van der Waals surface area contributed by atoms with E-state index in [0.29, 0.717) is 0 Å². The Labute approximate surface area is 278 Å².